The fraction of sp³-hybridized carbons (Fsp3) is 0.333. The van der Waals surface area contributed by atoms with Crippen molar-refractivity contribution in [3.05, 3.63) is 39.9 Å². The fourth-order valence-electron chi connectivity index (χ4n) is 1.44. The molecular formula is C12H15N3O4. The second kappa shape index (κ2) is 7.10. The van der Waals surface area contributed by atoms with E-state index in [1.807, 2.05) is 0 Å². The molecule has 2 amide bonds. The number of nitrogens with one attached hydrogen (secondary N) is 2. The maximum Gasteiger partial charge on any atom is 0.270 e. The van der Waals surface area contributed by atoms with E-state index in [1.54, 1.807) is 7.05 Å². The quantitative estimate of drug-likeness (QED) is 0.452. The van der Waals surface area contributed by atoms with Crippen LogP contribution < -0.4 is 10.6 Å². The van der Waals surface area contributed by atoms with Crippen molar-refractivity contribution in [3.8, 4) is 0 Å². The number of carbonyl (C=O) groups is 2. The molecule has 1 aromatic carbocycles. The number of nitro groups is 1. The molecule has 19 heavy (non-hydrogen) atoms. The van der Waals surface area contributed by atoms with Gasteiger partial charge in [-0.05, 0) is 12.5 Å². The second-order valence-electron chi connectivity index (χ2n) is 3.84. The van der Waals surface area contributed by atoms with Crippen molar-refractivity contribution in [2.75, 3.05) is 13.6 Å². The van der Waals surface area contributed by atoms with Gasteiger partial charge in [0, 0.05) is 37.7 Å². The molecule has 1 rings (SSSR count). The van der Waals surface area contributed by atoms with Gasteiger partial charge in [0.1, 0.15) is 0 Å². The summed E-state index contributed by atoms with van der Waals surface area (Å²) in [7, 11) is 1.55. The van der Waals surface area contributed by atoms with Gasteiger partial charge in [-0.1, -0.05) is 6.07 Å². The number of hydrogen-bond acceptors (Lipinski definition) is 4. The molecule has 7 nitrogen and oxygen atoms in total. The first kappa shape index (κ1) is 14.6. The minimum absolute atomic E-state index is 0.0930. The van der Waals surface area contributed by atoms with Gasteiger partial charge < -0.3 is 10.6 Å². The molecular weight excluding hydrogens is 250 g/mol. The Morgan fingerprint density at radius 1 is 1.37 bits per heavy atom. The number of rotatable bonds is 6. The van der Waals surface area contributed by atoms with Crippen LogP contribution in [0.25, 0.3) is 0 Å². The largest absolute Gasteiger partial charge is 0.359 e. The van der Waals surface area contributed by atoms with Gasteiger partial charge in [0.15, 0.2) is 0 Å². The van der Waals surface area contributed by atoms with Crippen LogP contribution in [-0.4, -0.2) is 30.3 Å². The lowest BCUT2D eigenvalue weighted by Crippen LogP contribution is -2.26. The number of non-ortho nitro benzene ring substituents is 1. The number of benzene rings is 1. The molecule has 2 N–H and O–H groups in total. The Kier molecular flexibility index (Phi) is 5.46. The predicted octanol–water partition coefficient (Wildman–Crippen LogP) is 0.851. The Balaban J connectivity index is 2.47. The Bertz CT molecular complexity index is 488. The monoisotopic (exact) mass is 265 g/mol. The first-order chi connectivity index (χ1) is 9.04. The van der Waals surface area contributed by atoms with E-state index in [0.29, 0.717) is 19.4 Å². The lowest BCUT2D eigenvalue weighted by atomic mass is 10.2. The predicted molar refractivity (Wildman–Crippen MR) is 68.7 cm³/mol. The zero-order valence-electron chi connectivity index (χ0n) is 10.5. The van der Waals surface area contributed by atoms with Crippen LogP contribution in [0, 0.1) is 10.1 Å². The summed E-state index contributed by atoms with van der Waals surface area (Å²) in [6.45, 7) is 0.342. The van der Waals surface area contributed by atoms with E-state index in [4.69, 9.17) is 0 Å². The third-order valence-corrected chi connectivity index (χ3v) is 2.46. The molecule has 0 aromatic heterocycles. The van der Waals surface area contributed by atoms with Crippen LogP contribution in [0.2, 0.25) is 0 Å². The zero-order valence-corrected chi connectivity index (χ0v) is 10.5. The van der Waals surface area contributed by atoms with Crippen LogP contribution >= 0.6 is 0 Å². The van der Waals surface area contributed by atoms with Gasteiger partial charge in [-0.15, -0.1) is 0 Å². The van der Waals surface area contributed by atoms with Gasteiger partial charge in [-0.2, -0.15) is 0 Å². The van der Waals surface area contributed by atoms with Crippen LogP contribution in [0.4, 0.5) is 5.69 Å². The Labute approximate surface area is 110 Å². The van der Waals surface area contributed by atoms with E-state index in [1.165, 1.54) is 24.3 Å². The highest BCUT2D eigenvalue weighted by Crippen LogP contribution is 2.12. The lowest BCUT2D eigenvalue weighted by molar-refractivity contribution is -0.384. The molecule has 0 aliphatic carbocycles. The fourth-order valence-corrected chi connectivity index (χ4v) is 1.44. The minimum Gasteiger partial charge on any atom is -0.359 e. The highest BCUT2D eigenvalue weighted by Gasteiger charge is 2.10. The summed E-state index contributed by atoms with van der Waals surface area (Å²) < 4.78 is 0. The van der Waals surface area contributed by atoms with E-state index in [-0.39, 0.29) is 23.1 Å². The topological polar surface area (TPSA) is 101 Å². The van der Waals surface area contributed by atoms with Gasteiger partial charge in [0.25, 0.3) is 11.6 Å². The maximum absolute atomic E-state index is 11.7. The first-order valence-corrected chi connectivity index (χ1v) is 5.78. The third kappa shape index (κ3) is 4.74. The molecule has 0 aliphatic rings. The molecule has 0 unspecified atom stereocenters. The summed E-state index contributed by atoms with van der Waals surface area (Å²) in [5.74, 6) is -0.481. The molecule has 0 saturated heterocycles. The van der Waals surface area contributed by atoms with Gasteiger partial charge in [-0.3, -0.25) is 19.7 Å². The summed E-state index contributed by atoms with van der Waals surface area (Å²) in [6.07, 6.45) is 0.839. The molecule has 7 heteroatoms. The molecule has 0 spiro atoms. The summed E-state index contributed by atoms with van der Waals surface area (Å²) in [5.41, 5.74) is 0.104. The molecule has 0 saturated carbocycles. The third-order valence-electron chi connectivity index (χ3n) is 2.46. The van der Waals surface area contributed by atoms with Crippen molar-refractivity contribution in [2.24, 2.45) is 0 Å². The van der Waals surface area contributed by atoms with Crippen molar-refractivity contribution in [3.63, 3.8) is 0 Å². The van der Waals surface area contributed by atoms with E-state index in [9.17, 15) is 19.7 Å². The average molecular weight is 265 g/mol. The van der Waals surface area contributed by atoms with E-state index >= 15 is 0 Å². The summed E-state index contributed by atoms with van der Waals surface area (Å²) in [4.78, 5) is 32.7. The normalized spacial score (nSPS) is 9.74. The van der Waals surface area contributed by atoms with Crippen LogP contribution in [-0.2, 0) is 4.79 Å². The SMILES string of the molecule is CNC(=O)CCCNC(=O)c1cccc([N+](=O)[O-])c1. The summed E-state index contributed by atoms with van der Waals surface area (Å²) >= 11 is 0. The first-order valence-electron chi connectivity index (χ1n) is 5.78. The van der Waals surface area contributed by atoms with Crippen molar-refractivity contribution in [2.45, 2.75) is 12.8 Å². The zero-order chi connectivity index (χ0) is 14.3. The van der Waals surface area contributed by atoms with Gasteiger partial charge in [0.2, 0.25) is 5.91 Å². The molecule has 102 valence electrons. The van der Waals surface area contributed by atoms with Gasteiger partial charge in [0.05, 0.1) is 4.92 Å². The van der Waals surface area contributed by atoms with Gasteiger partial charge >= 0.3 is 0 Å². The number of amides is 2. The standard InChI is InChI=1S/C12H15N3O4/c1-13-11(16)6-3-7-14-12(17)9-4-2-5-10(8-9)15(18)19/h2,4-5,8H,3,6-7H2,1H3,(H,13,16)(H,14,17). The average Bonchev–Trinajstić information content (AvgIpc) is 2.43. The smallest absolute Gasteiger partial charge is 0.270 e. The Hall–Kier alpha value is -2.44. The molecule has 0 radical (unpaired) electrons. The molecule has 0 fully saturated rings. The minimum atomic E-state index is -0.553. The van der Waals surface area contributed by atoms with E-state index < -0.39 is 4.92 Å². The van der Waals surface area contributed by atoms with Crippen LogP contribution in [0.3, 0.4) is 0 Å². The number of nitrogens with zero attached hydrogens (tertiary/aromatic N) is 1. The molecule has 0 heterocycles. The highest BCUT2D eigenvalue weighted by atomic mass is 16.6. The molecule has 0 aliphatic heterocycles. The second-order valence-corrected chi connectivity index (χ2v) is 3.84. The number of hydrogen-bond donors (Lipinski definition) is 2. The highest BCUT2D eigenvalue weighted by molar-refractivity contribution is 5.94. The van der Waals surface area contributed by atoms with Gasteiger partial charge in [-0.25, -0.2) is 0 Å². The van der Waals surface area contributed by atoms with Crippen LogP contribution in [0.15, 0.2) is 24.3 Å². The maximum atomic E-state index is 11.7. The Morgan fingerprint density at radius 3 is 2.74 bits per heavy atom. The van der Waals surface area contributed by atoms with E-state index in [2.05, 4.69) is 10.6 Å². The summed E-state index contributed by atoms with van der Waals surface area (Å²) in [6, 6.07) is 5.50. The van der Waals surface area contributed by atoms with Crippen molar-refractivity contribution < 1.29 is 14.5 Å². The summed E-state index contributed by atoms with van der Waals surface area (Å²) in [5, 5.41) is 15.7. The molecule has 1 aromatic rings. The number of nitro benzene ring substituents is 1. The lowest BCUT2D eigenvalue weighted by Gasteiger charge is -2.04. The van der Waals surface area contributed by atoms with Crippen LogP contribution in [0.5, 0.6) is 0 Å². The number of carbonyl (C=O) groups excluding carboxylic acids is 2. The molecule has 0 atom stereocenters. The molecule has 0 bridgehead atoms. The van der Waals surface area contributed by atoms with Crippen LogP contribution in [0.1, 0.15) is 23.2 Å². The van der Waals surface area contributed by atoms with Crippen molar-refractivity contribution in [1.82, 2.24) is 10.6 Å². The van der Waals surface area contributed by atoms with E-state index in [0.717, 1.165) is 0 Å². The van der Waals surface area contributed by atoms with Crippen molar-refractivity contribution >= 4 is 17.5 Å². The Morgan fingerprint density at radius 2 is 2.11 bits per heavy atom. The van der Waals surface area contributed by atoms with Crippen molar-refractivity contribution in [1.29, 1.82) is 0 Å².